The Balaban J connectivity index is 1.85. The minimum atomic E-state index is -0.694. The Bertz CT molecular complexity index is 953. The van der Waals surface area contributed by atoms with Gasteiger partial charge in [0.25, 0.3) is 0 Å². The molecule has 3 rings (SSSR count). The molecule has 2 N–H and O–H groups in total. The minimum absolute atomic E-state index is 0.0138. The molecule has 8 heteroatoms. The first-order chi connectivity index (χ1) is 15.7. The van der Waals surface area contributed by atoms with Crippen LogP contribution < -0.4 is 0 Å². The molecule has 0 aromatic heterocycles. The standard InChI is InChI=1S/C25H30O8/c1-13(7-9-26)23(28)31-12-17-5-6-18-15(3)11-19(32-24(29)14(2)8-10-27)20-16(4)25(30)33-22(20)21(17)18/h5,7-8,18-22,26-27H,3-4,6,9-12H2,1-2H3/b13-7-,14-8-/t18-,19+,20-,21+,22+/m1/s1. The van der Waals surface area contributed by atoms with Gasteiger partial charge in [-0.05, 0) is 43.9 Å². The third kappa shape index (κ3) is 5.02. The zero-order chi connectivity index (χ0) is 24.3. The van der Waals surface area contributed by atoms with Crippen molar-refractivity contribution in [1.29, 1.82) is 0 Å². The van der Waals surface area contributed by atoms with E-state index in [-0.39, 0.29) is 42.8 Å². The first-order valence-electron chi connectivity index (χ1n) is 10.9. The van der Waals surface area contributed by atoms with Crippen LogP contribution >= 0.6 is 0 Å². The maximum Gasteiger partial charge on any atom is 0.334 e. The average Bonchev–Trinajstić information content (AvgIpc) is 3.29. The van der Waals surface area contributed by atoms with Crippen LogP contribution in [0.3, 0.4) is 0 Å². The summed E-state index contributed by atoms with van der Waals surface area (Å²) >= 11 is 0. The Labute approximate surface area is 192 Å². The molecule has 8 nitrogen and oxygen atoms in total. The topological polar surface area (TPSA) is 119 Å². The highest BCUT2D eigenvalue weighted by atomic mass is 16.6. The van der Waals surface area contributed by atoms with Crippen molar-refractivity contribution in [2.75, 3.05) is 19.8 Å². The third-order valence-corrected chi connectivity index (χ3v) is 6.57. The highest BCUT2D eigenvalue weighted by Gasteiger charge is 2.55. The van der Waals surface area contributed by atoms with Gasteiger partial charge < -0.3 is 24.4 Å². The van der Waals surface area contributed by atoms with Crippen molar-refractivity contribution >= 4 is 17.9 Å². The molecule has 2 aliphatic carbocycles. The molecule has 0 aromatic carbocycles. The largest absolute Gasteiger partial charge is 0.458 e. The van der Waals surface area contributed by atoms with Gasteiger partial charge in [-0.25, -0.2) is 14.4 Å². The number of ether oxygens (including phenoxy) is 3. The van der Waals surface area contributed by atoms with E-state index >= 15 is 0 Å². The second-order valence-corrected chi connectivity index (χ2v) is 8.59. The van der Waals surface area contributed by atoms with E-state index < -0.39 is 36.0 Å². The summed E-state index contributed by atoms with van der Waals surface area (Å²) in [5, 5.41) is 18.0. The van der Waals surface area contributed by atoms with Gasteiger partial charge in [0.05, 0.1) is 19.1 Å². The molecular weight excluding hydrogens is 428 g/mol. The fraction of sp³-hybridized carbons (Fsp3) is 0.480. The Morgan fingerprint density at radius 1 is 1.12 bits per heavy atom. The molecule has 0 aromatic rings. The van der Waals surface area contributed by atoms with Crippen LogP contribution in [-0.2, 0) is 28.6 Å². The molecule has 0 spiro atoms. The number of allylic oxidation sites excluding steroid dienone is 1. The van der Waals surface area contributed by atoms with Gasteiger partial charge in [-0.3, -0.25) is 0 Å². The predicted molar refractivity (Wildman–Crippen MR) is 118 cm³/mol. The highest BCUT2D eigenvalue weighted by molar-refractivity contribution is 5.92. The monoisotopic (exact) mass is 458 g/mol. The second kappa shape index (κ2) is 10.3. The number of rotatable bonds is 7. The zero-order valence-electron chi connectivity index (χ0n) is 18.9. The van der Waals surface area contributed by atoms with Crippen LogP contribution in [0.1, 0.15) is 26.7 Å². The molecule has 1 saturated carbocycles. The van der Waals surface area contributed by atoms with Crippen LogP contribution in [0.2, 0.25) is 0 Å². The van der Waals surface area contributed by atoms with Gasteiger partial charge in [-0.1, -0.05) is 24.8 Å². The van der Waals surface area contributed by atoms with Crippen molar-refractivity contribution < 1.29 is 38.8 Å². The van der Waals surface area contributed by atoms with Crippen LogP contribution in [0.15, 0.2) is 59.3 Å². The summed E-state index contributed by atoms with van der Waals surface area (Å²) in [6.07, 6.45) is 4.36. The Morgan fingerprint density at radius 3 is 2.39 bits per heavy atom. The van der Waals surface area contributed by atoms with Crippen LogP contribution in [0.4, 0.5) is 0 Å². The van der Waals surface area contributed by atoms with Crippen molar-refractivity contribution in [2.24, 2.45) is 17.8 Å². The molecule has 0 amide bonds. The number of fused-ring (bicyclic) bond motifs is 3. The van der Waals surface area contributed by atoms with Crippen molar-refractivity contribution in [2.45, 2.75) is 38.9 Å². The second-order valence-electron chi connectivity index (χ2n) is 8.59. The smallest absolute Gasteiger partial charge is 0.334 e. The summed E-state index contributed by atoms with van der Waals surface area (Å²) in [5.41, 5.74) is 2.47. The zero-order valence-corrected chi connectivity index (χ0v) is 18.9. The molecule has 178 valence electrons. The van der Waals surface area contributed by atoms with Crippen LogP contribution in [0.5, 0.6) is 0 Å². The van der Waals surface area contributed by atoms with Crippen LogP contribution in [0, 0.1) is 17.8 Å². The fourth-order valence-corrected chi connectivity index (χ4v) is 4.76. The van der Waals surface area contributed by atoms with Gasteiger partial charge in [-0.15, -0.1) is 0 Å². The fourth-order valence-electron chi connectivity index (χ4n) is 4.76. The number of aliphatic hydroxyl groups is 2. The van der Waals surface area contributed by atoms with Crippen molar-refractivity contribution in [1.82, 2.24) is 0 Å². The van der Waals surface area contributed by atoms with Gasteiger partial charge in [0, 0.05) is 29.1 Å². The first kappa shape index (κ1) is 24.7. The molecule has 5 atom stereocenters. The number of carbonyl (C=O) groups is 3. The molecule has 33 heavy (non-hydrogen) atoms. The number of aliphatic hydroxyl groups excluding tert-OH is 2. The molecule has 0 bridgehead atoms. The van der Waals surface area contributed by atoms with Gasteiger partial charge in [0.2, 0.25) is 0 Å². The van der Waals surface area contributed by atoms with Crippen molar-refractivity contribution in [3.8, 4) is 0 Å². The third-order valence-electron chi connectivity index (χ3n) is 6.57. The summed E-state index contributed by atoms with van der Waals surface area (Å²) in [4.78, 5) is 37.2. The maximum atomic E-state index is 12.5. The number of carbonyl (C=O) groups excluding carboxylic acids is 3. The Hall–Kier alpha value is -2.97. The van der Waals surface area contributed by atoms with E-state index in [0.29, 0.717) is 18.4 Å². The lowest BCUT2D eigenvalue weighted by molar-refractivity contribution is -0.148. The molecule has 1 saturated heterocycles. The quantitative estimate of drug-likeness (QED) is 0.257. The minimum Gasteiger partial charge on any atom is -0.458 e. The van der Waals surface area contributed by atoms with Gasteiger partial charge >= 0.3 is 17.9 Å². The lowest BCUT2D eigenvalue weighted by Crippen LogP contribution is -2.37. The van der Waals surface area contributed by atoms with E-state index in [9.17, 15) is 14.4 Å². The Kier molecular flexibility index (Phi) is 7.71. The lowest BCUT2D eigenvalue weighted by Gasteiger charge is -2.29. The van der Waals surface area contributed by atoms with E-state index in [2.05, 4.69) is 13.2 Å². The number of esters is 3. The molecule has 2 fully saturated rings. The van der Waals surface area contributed by atoms with Crippen molar-refractivity contribution in [3.63, 3.8) is 0 Å². The molecule has 1 aliphatic heterocycles. The average molecular weight is 459 g/mol. The predicted octanol–water partition coefficient (Wildman–Crippen LogP) is 1.94. The Morgan fingerprint density at radius 2 is 1.76 bits per heavy atom. The van der Waals surface area contributed by atoms with E-state index in [0.717, 1.165) is 11.1 Å². The molecule has 3 aliphatic rings. The molecule has 0 radical (unpaired) electrons. The first-order valence-corrected chi connectivity index (χ1v) is 10.9. The molecule has 0 unspecified atom stereocenters. The summed E-state index contributed by atoms with van der Waals surface area (Å²) in [7, 11) is 0. The number of hydrogen-bond donors (Lipinski definition) is 2. The van der Waals surface area contributed by atoms with E-state index in [1.54, 1.807) is 13.8 Å². The maximum absolute atomic E-state index is 12.5. The summed E-state index contributed by atoms with van der Waals surface area (Å²) in [6, 6.07) is 0. The van der Waals surface area contributed by atoms with E-state index in [1.807, 2.05) is 6.08 Å². The number of hydrogen-bond acceptors (Lipinski definition) is 8. The van der Waals surface area contributed by atoms with Crippen molar-refractivity contribution in [3.05, 3.63) is 59.3 Å². The SMILES string of the molecule is C=C1C(=O)O[C@@H]2[C@H]3C(COC(=O)/C(C)=C\CO)=CC[C@@H]3C(=C)C[C@H](OC(=O)/C(C)=C\CO)[C@@H]12. The normalized spacial score (nSPS) is 29.6. The summed E-state index contributed by atoms with van der Waals surface area (Å²) in [5.74, 6) is -2.57. The van der Waals surface area contributed by atoms with Gasteiger partial charge in [0.15, 0.2) is 0 Å². The van der Waals surface area contributed by atoms with Crippen LogP contribution in [0.25, 0.3) is 0 Å². The summed E-state index contributed by atoms with van der Waals surface area (Å²) in [6.45, 7) is 10.7. The molecule has 1 heterocycles. The van der Waals surface area contributed by atoms with E-state index in [4.69, 9.17) is 24.4 Å². The summed E-state index contributed by atoms with van der Waals surface area (Å²) < 4.78 is 16.9. The van der Waals surface area contributed by atoms with Gasteiger partial charge in [-0.2, -0.15) is 0 Å². The van der Waals surface area contributed by atoms with E-state index in [1.165, 1.54) is 12.2 Å². The molecular formula is C25H30O8. The highest BCUT2D eigenvalue weighted by Crippen LogP contribution is 2.51. The lowest BCUT2D eigenvalue weighted by atomic mass is 9.80. The van der Waals surface area contributed by atoms with Crippen LogP contribution in [-0.4, -0.2) is 60.1 Å². The van der Waals surface area contributed by atoms with Gasteiger partial charge in [0.1, 0.15) is 18.8 Å².